The zero-order chi connectivity index (χ0) is 17.2. The molecule has 0 radical (unpaired) electrons. The van der Waals surface area contributed by atoms with Gasteiger partial charge in [-0.1, -0.05) is 36.8 Å². The molecule has 1 aliphatic heterocycles. The first kappa shape index (κ1) is 17.2. The molecule has 6 heteroatoms. The minimum Gasteiger partial charge on any atom is -0.337 e. The SMILES string of the molecule is Cc1nc(S(=O)(=O)N2CCCC[C@H]2CCc2ccccc2)cn1C. The minimum absolute atomic E-state index is 0.0614. The molecule has 0 unspecified atom stereocenters. The van der Waals surface area contributed by atoms with Gasteiger partial charge in [0.1, 0.15) is 5.82 Å². The third-order valence-electron chi connectivity index (χ3n) is 4.84. The Labute approximate surface area is 144 Å². The average Bonchev–Trinajstić information content (AvgIpc) is 2.94. The smallest absolute Gasteiger partial charge is 0.262 e. The summed E-state index contributed by atoms with van der Waals surface area (Å²) in [4.78, 5) is 4.24. The maximum absolute atomic E-state index is 13.0. The van der Waals surface area contributed by atoms with Crippen LogP contribution >= 0.6 is 0 Å². The van der Waals surface area contributed by atoms with E-state index in [0.717, 1.165) is 32.1 Å². The Morgan fingerprint density at radius 2 is 1.96 bits per heavy atom. The Morgan fingerprint density at radius 1 is 1.21 bits per heavy atom. The van der Waals surface area contributed by atoms with E-state index < -0.39 is 10.0 Å². The summed E-state index contributed by atoms with van der Waals surface area (Å²) < 4.78 is 29.5. The molecule has 1 aliphatic rings. The summed E-state index contributed by atoms with van der Waals surface area (Å²) in [6.07, 6.45) is 6.32. The number of hydrogen-bond acceptors (Lipinski definition) is 3. The van der Waals surface area contributed by atoms with Crippen LogP contribution in [0.25, 0.3) is 0 Å². The molecule has 5 nitrogen and oxygen atoms in total. The highest BCUT2D eigenvalue weighted by Gasteiger charge is 2.34. The van der Waals surface area contributed by atoms with E-state index in [-0.39, 0.29) is 11.1 Å². The second-order valence-corrected chi connectivity index (χ2v) is 8.36. The summed E-state index contributed by atoms with van der Waals surface area (Å²) in [6, 6.07) is 10.3. The lowest BCUT2D eigenvalue weighted by Crippen LogP contribution is -2.44. The number of piperidine rings is 1. The highest BCUT2D eigenvalue weighted by Crippen LogP contribution is 2.27. The van der Waals surface area contributed by atoms with Crippen molar-refractivity contribution in [1.29, 1.82) is 0 Å². The van der Waals surface area contributed by atoms with Crippen molar-refractivity contribution in [1.82, 2.24) is 13.9 Å². The summed E-state index contributed by atoms with van der Waals surface area (Å²) in [7, 11) is -1.69. The lowest BCUT2D eigenvalue weighted by molar-refractivity contribution is 0.240. The molecular formula is C18H25N3O2S. The van der Waals surface area contributed by atoms with Crippen LogP contribution in [-0.2, 0) is 23.5 Å². The number of sulfonamides is 1. The van der Waals surface area contributed by atoms with Crippen LogP contribution in [0.1, 0.15) is 37.1 Å². The lowest BCUT2D eigenvalue weighted by atomic mass is 9.98. The maximum Gasteiger partial charge on any atom is 0.262 e. The van der Waals surface area contributed by atoms with E-state index in [4.69, 9.17) is 0 Å². The Morgan fingerprint density at radius 3 is 2.62 bits per heavy atom. The fourth-order valence-corrected chi connectivity index (χ4v) is 5.08. The quantitative estimate of drug-likeness (QED) is 0.836. The van der Waals surface area contributed by atoms with Crippen molar-refractivity contribution in [2.24, 2.45) is 7.05 Å². The maximum atomic E-state index is 13.0. The summed E-state index contributed by atoms with van der Waals surface area (Å²) in [5.41, 5.74) is 1.26. The van der Waals surface area contributed by atoms with Gasteiger partial charge in [0.2, 0.25) is 0 Å². The van der Waals surface area contributed by atoms with Gasteiger partial charge in [0.05, 0.1) is 0 Å². The molecule has 0 amide bonds. The lowest BCUT2D eigenvalue weighted by Gasteiger charge is -2.34. The van der Waals surface area contributed by atoms with Gasteiger partial charge in [-0.25, -0.2) is 13.4 Å². The fraction of sp³-hybridized carbons (Fsp3) is 0.500. The van der Waals surface area contributed by atoms with Gasteiger partial charge in [-0.15, -0.1) is 0 Å². The van der Waals surface area contributed by atoms with Crippen LogP contribution in [0.3, 0.4) is 0 Å². The van der Waals surface area contributed by atoms with Crippen LogP contribution in [0.4, 0.5) is 0 Å². The van der Waals surface area contributed by atoms with Crippen molar-refractivity contribution < 1.29 is 8.42 Å². The summed E-state index contributed by atoms with van der Waals surface area (Å²) in [5, 5.41) is 0.175. The largest absolute Gasteiger partial charge is 0.337 e. The Kier molecular flexibility index (Phi) is 5.06. The summed E-state index contributed by atoms with van der Waals surface area (Å²) >= 11 is 0. The third-order valence-corrected chi connectivity index (χ3v) is 6.67. The average molecular weight is 347 g/mol. The standard InChI is InChI=1S/C18H25N3O2S/c1-15-19-18(14-20(15)2)24(22,23)21-13-7-6-10-17(21)12-11-16-8-4-3-5-9-16/h3-5,8-9,14,17H,6-7,10-13H2,1-2H3/t17-/m0/s1. The topological polar surface area (TPSA) is 55.2 Å². The first-order valence-electron chi connectivity index (χ1n) is 8.54. The van der Waals surface area contributed by atoms with Crippen LogP contribution in [-0.4, -0.2) is 34.9 Å². The van der Waals surface area contributed by atoms with E-state index in [2.05, 4.69) is 17.1 Å². The molecule has 130 valence electrons. The molecule has 2 aromatic rings. The van der Waals surface area contributed by atoms with Gasteiger partial charge in [-0.3, -0.25) is 0 Å². The van der Waals surface area contributed by atoms with Crippen LogP contribution < -0.4 is 0 Å². The molecule has 2 heterocycles. The molecule has 0 N–H and O–H groups in total. The molecule has 0 saturated carbocycles. The van der Waals surface area contributed by atoms with Crippen molar-refractivity contribution in [3.63, 3.8) is 0 Å². The number of aryl methyl sites for hydroxylation is 3. The van der Waals surface area contributed by atoms with E-state index in [9.17, 15) is 8.42 Å². The van der Waals surface area contributed by atoms with Gasteiger partial charge in [0.25, 0.3) is 10.0 Å². The molecule has 0 aliphatic carbocycles. The van der Waals surface area contributed by atoms with Gasteiger partial charge in [0.15, 0.2) is 5.03 Å². The number of rotatable bonds is 5. The fourth-order valence-electron chi connectivity index (χ4n) is 3.33. The predicted molar refractivity (Wildman–Crippen MR) is 94.2 cm³/mol. The molecule has 1 aromatic carbocycles. The summed E-state index contributed by atoms with van der Waals surface area (Å²) in [6.45, 7) is 2.42. The van der Waals surface area contributed by atoms with Gasteiger partial charge in [0, 0.05) is 25.8 Å². The zero-order valence-corrected chi connectivity index (χ0v) is 15.2. The third kappa shape index (κ3) is 3.54. The van der Waals surface area contributed by atoms with Crippen LogP contribution in [0.15, 0.2) is 41.6 Å². The zero-order valence-electron chi connectivity index (χ0n) is 14.4. The molecule has 24 heavy (non-hydrogen) atoms. The minimum atomic E-state index is -3.52. The van der Waals surface area contributed by atoms with Crippen LogP contribution in [0.5, 0.6) is 0 Å². The second-order valence-electron chi connectivity index (χ2n) is 6.53. The van der Waals surface area contributed by atoms with Gasteiger partial charge in [-0.2, -0.15) is 4.31 Å². The molecular weight excluding hydrogens is 322 g/mol. The number of imidazole rings is 1. The number of hydrogen-bond donors (Lipinski definition) is 0. The van der Waals surface area contributed by atoms with Crippen molar-refractivity contribution in [3.8, 4) is 0 Å². The summed E-state index contributed by atoms with van der Waals surface area (Å²) in [5.74, 6) is 0.714. The van der Waals surface area contributed by atoms with Crippen molar-refractivity contribution in [2.75, 3.05) is 6.54 Å². The van der Waals surface area contributed by atoms with E-state index in [0.29, 0.717) is 12.4 Å². The first-order valence-corrected chi connectivity index (χ1v) is 9.98. The number of benzene rings is 1. The Balaban J connectivity index is 1.78. The van der Waals surface area contributed by atoms with Crippen molar-refractivity contribution in [2.45, 2.75) is 50.1 Å². The van der Waals surface area contributed by atoms with Crippen molar-refractivity contribution in [3.05, 3.63) is 47.9 Å². The highest BCUT2D eigenvalue weighted by atomic mass is 32.2. The Bertz CT molecular complexity index is 764. The van der Waals surface area contributed by atoms with Crippen LogP contribution in [0.2, 0.25) is 0 Å². The van der Waals surface area contributed by atoms with E-state index in [1.165, 1.54) is 5.56 Å². The second kappa shape index (κ2) is 7.07. The predicted octanol–water partition coefficient (Wildman–Crippen LogP) is 2.90. The van der Waals surface area contributed by atoms with E-state index >= 15 is 0 Å². The van der Waals surface area contributed by atoms with Gasteiger partial charge in [-0.05, 0) is 38.2 Å². The molecule has 3 rings (SSSR count). The normalized spacial score (nSPS) is 19.5. The molecule has 0 bridgehead atoms. The molecule has 1 fully saturated rings. The molecule has 0 spiro atoms. The molecule has 1 saturated heterocycles. The van der Waals surface area contributed by atoms with Crippen molar-refractivity contribution >= 4 is 10.0 Å². The van der Waals surface area contributed by atoms with Gasteiger partial charge < -0.3 is 4.57 Å². The van der Waals surface area contributed by atoms with Crippen LogP contribution in [0, 0.1) is 6.92 Å². The molecule has 1 atom stereocenters. The highest BCUT2D eigenvalue weighted by molar-refractivity contribution is 7.89. The van der Waals surface area contributed by atoms with Gasteiger partial charge >= 0.3 is 0 Å². The van der Waals surface area contributed by atoms with E-state index in [1.807, 2.05) is 32.2 Å². The first-order chi connectivity index (χ1) is 11.5. The number of aromatic nitrogens is 2. The number of nitrogens with zero attached hydrogens (tertiary/aromatic N) is 3. The molecule has 1 aromatic heterocycles. The monoisotopic (exact) mass is 347 g/mol. The Hall–Kier alpha value is -1.66. The van der Waals surface area contributed by atoms with E-state index in [1.54, 1.807) is 15.1 Å².